The fraction of sp³-hybridized carbons (Fsp3) is 0.167. The van der Waals surface area contributed by atoms with Crippen molar-refractivity contribution in [3.63, 3.8) is 0 Å². The first-order valence-electron chi connectivity index (χ1n) is 9.43. The smallest absolute Gasteiger partial charge is 0.341 e. The molecule has 0 saturated heterocycles. The standard InChI is InChI=1S/C24H23NO5/c1-17-7-10-19(11-8-17)24(28)20-6-4-14-25(20)13-3-5-18-9-12-21(29-2)22(15-18)30-16-23(26)27/h3-12,14-15H,13,16H2,1-2H3,(H,26,27). The van der Waals surface area contributed by atoms with Crippen molar-refractivity contribution in [3.8, 4) is 11.5 Å². The van der Waals surface area contributed by atoms with E-state index in [1.165, 1.54) is 7.11 Å². The number of aryl methyl sites for hydroxylation is 1. The molecular weight excluding hydrogens is 382 g/mol. The Morgan fingerprint density at radius 2 is 1.83 bits per heavy atom. The first-order valence-corrected chi connectivity index (χ1v) is 9.43. The molecule has 0 aliphatic heterocycles. The number of carboxylic acid groups (broad SMARTS) is 1. The summed E-state index contributed by atoms with van der Waals surface area (Å²) in [6.07, 6.45) is 5.67. The average molecular weight is 405 g/mol. The highest BCUT2D eigenvalue weighted by Crippen LogP contribution is 2.28. The van der Waals surface area contributed by atoms with E-state index in [0.29, 0.717) is 29.3 Å². The minimum absolute atomic E-state index is 0.0257. The van der Waals surface area contributed by atoms with Crippen molar-refractivity contribution in [2.24, 2.45) is 0 Å². The van der Waals surface area contributed by atoms with Gasteiger partial charge in [-0.2, -0.15) is 0 Å². The van der Waals surface area contributed by atoms with Crippen LogP contribution >= 0.6 is 0 Å². The molecule has 0 amide bonds. The van der Waals surface area contributed by atoms with Crippen LogP contribution in [0.3, 0.4) is 0 Å². The summed E-state index contributed by atoms with van der Waals surface area (Å²) in [6.45, 7) is 2.05. The number of methoxy groups -OCH3 is 1. The first kappa shape index (κ1) is 20.9. The van der Waals surface area contributed by atoms with E-state index >= 15 is 0 Å². The van der Waals surface area contributed by atoms with Gasteiger partial charge in [-0.1, -0.05) is 48.0 Å². The Labute approximate surface area is 175 Å². The molecule has 0 aliphatic rings. The van der Waals surface area contributed by atoms with Gasteiger partial charge in [0.05, 0.1) is 12.8 Å². The lowest BCUT2D eigenvalue weighted by Gasteiger charge is -2.10. The molecule has 0 bridgehead atoms. The Morgan fingerprint density at radius 1 is 1.07 bits per heavy atom. The molecule has 154 valence electrons. The number of aromatic nitrogens is 1. The van der Waals surface area contributed by atoms with Crippen LogP contribution in [-0.2, 0) is 11.3 Å². The Kier molecular flexibility index (Phi) is 6.70. The molecule has 2 aromatic carbocycles. The highest BCUT2D eigenvalue weighted by atomic mass is 16.5. The van der Waals surface area contributed by atoms with Crippen LogP contribution in [0.4, 0.5) is 0 Å². The molecule has 0 radical (unpaired) electrons. The summed E-state index contributed by atoms with van der Waals surface area (Å²) in [6, 6.07) is 16.5. The van der Waals surface area contributed by atoms with Crippen molar-refractivity contribution in [1.29, 1.82) is 0 Å². The molecule has 3 aromatic rings. The maximum absolute atomic E-state index is 12.8. The number of ether oxygens (including phenoxy) is 2. The van der Waals surface area contributed by atoms with Crippen LogP contribution in [0.2, 0.25) is 0 Å². The summed E-state index contributed by atoms with van der Waals surface area (Å²) in [5, 5.41) is 8.81. The van der Waals surface area contributed by atoms with Crippen molar-refractivity contribution in [3.05, 3.63) is 89.3 Å². The maximum atomic E-state index is 12.8. The molecule has 3 rings (SSSR count). The highest BCUT2D eigenvalue weighted by Gasteiger charge is 2.12. The Bertz CT molecular complexity index is 1060. The monoisotopic (exact) mass is 405 g/mol. The van der Waals surface area contributed by atoms with E-state index in [2.05, 4.69) is 0 Å². The fourth-order valence-electron chi connectivity index (χ4n) is 2.98. The van der Waals surface area contributed by atoms with Gasteiger partial charge in [-0.05, 0) is 36.8 Å². The van der Waals surface area contributed by atoms with Crippen LogP contribution in [0.1, 0.15) is 27.2 Å². The highest BCUT2D eigenvalue weighted by molar-refractivity contribution is 6.08. The number of hydrogen-bond acceptors (Lipinski definition) is 4. The van der Waals surface area contributed by atoms with Crippen molar-refractivity contribution < 1.29 is 24.2 Å². The molecule has 0 fully saturated rings. The van der Waals surface area contributed by atoms with E-state index in [4.69, 9.17) is 14.6 Å². The predicted octanol–water partition coefficient (Wildman–Crippen LogP) is 4.21. The second kappa shape index (κ2) is 9.60. The minimum atomic E-state index is -1.06. The maximum Gasteiger partial charge on any atom is 0.341 e. The predicted molar refractivity (Wildman–Crippen MR) is 114 cm³/mol. The van der Waals surface area contributed by atoms with Gasteiger partial charge in [0, 0.05) is 18.3 Å². The van der Waals surface area contributed by atoms with Crippen molar-refractivity contribution in [2.45, 2.75) is 13.5 Å². The van der Waals surface area contributed by atoms with Gasteiger partial charge in [0.1, 0.15) is 0 Å². The van der Waals surface area contributed by atoms with Gasteiger partial charge in [0.15, 0.2) is 18.1 Å². The molecule has 0 unspecified atom stereocenters. The SMILES string of the molecule is COc1ccc(C=CCn2cccc2C(=O)c2ccc(C)cc2)cc1OCC(=O)O. The third-order valence-corrected chi connectivity index (χ3v) is 4.53. The third-order valence-electron chi connectivity index (χ3n) is 4.53. The second-order valence-electron chi connectivity index (χ2n) is 6.74. The largest absolute Gasteiger partial charge is 0.493 e. The lowest BCUT2D eigenvalue weighted by molar-refractivity contribution is -0.139. The summed E-state index contributed by atoms with van der Waals surface area (Å²) in [5.74, 6) is -0.262. The molecule has 6 nitrogen and oxygen atoms in total. The molecule has 1 aromatic heterocycles. The van der Waals surface area contributed by atoms with Crippen LogP contribution in [0.5, 0.6) is 11.5 Å². The second-order valence-corrected chi connectivity index (χ2v) is 6.74. The molecule has 30 heavy (non-hydrogen) atoms. The Morgan fingerprint density at radius 3 is 2.53 bits per heavy atom. The molecule has 1 N–H and O–H groups in total. The van der Waals surface area contributed by atoms with E-state index in [-0.39, 0.29) is 5.78 Å². The van der Waals surface area contributed by atoms with Crippen LogP contribution < -0.4 is 9.47 Å². The molecule has 0 atom stereocenters. The van der Waals surface area contributed by atoms with E-state index in [1.54, 1.807) is 18.2 Å². The lowest BCUT2D eigenvalue weighted by atomic mass is 10.1. The van der Waals surface area contributed by atoms with Crippen molar-refractivity contribution in [2.75, 3.05) is 13.7 Å². The molecule has 1 heterocycles. The quantitative estimate of drug-likeness (QED) is 0.540. The number of hydrogen-bond donors (Lipinski definition) is 1. The number of carboxylic acids is 1. The van der Waals surface area contributed by atoms with E-state index < -0.39 is 12.6 Å². The van der Waals surface area contributed by atoms with Gasteiger partial charge in [-0.25, -0.2) is 4.79 Å². The van der Waals surface area contributed by atoms with Crippen molar-refractivity contribution >= 4 is 17.8 Å². The fourth-order valence-corrected chi connectivity index (χ4v) is 2.98. The van der Waals surface area contributed by atoms with Crippen molar-refractivity contribution in [1.82, 2.24) is 4.57 Å². The van der Waals surface area contributed by atoms with E-state index in [1.807, 2.05) is 66.2 Å². The summed E-state index contributed by atoms with van der Waals surface area (Å²) in [5.41, 5.74) is 3.20. The zero-order chi connectivity index (χ0) is 21.5. The summed E-state index contributed by atoms with van der Waals surface area (Å²) in [7, 11) is 1.50. The molecule has 6 heteroatoms. The van der Waals surface area contributed by atoms with Crippen LogP contribution in [-0.4, -0.2) is 35.1 Å². The zero-order valence-electron chi connectivity index (χ0n) is 16.9. The normalized spacial score (nSPS) is 10.9. The van der Waals surface area contributed by atoms with Gasteiger partial charge in [0.2, 0.25) is 5.78 Å². The topological polar surface area (TPSA) is 77.8 Å². The van der Waals surface area contributed by atoms with Gasteiger partial charge >= 0.3 is 5.97 Å². The molecule has 0 saturated carbocycles. The Balaban J connectivity index is 1.72. The van der Waals surface area contributed by atoms with Crippen LogP contribution in [0.15, 0.2) is 66.9 Å². The summed E-state index contributed by atoms with van der Waals surface area (Å²) >= 11 is 0. The number of rotatable bonds is 9. The number of carbonyl (C=O) groups excluding carboxylic acids is 1. The molecule has 0 aliphatic carbocycles. The van der Waals surface area contributed by atoms with Gasteiger partial charge in [-0.15, -0.1) is 0 Å². The number of allylic oxidation sites excluding steroid dienone is 1. The van der Waals surface area contributed by atoms with Gasteiger partial charge in [0.25, 0.3) is 0 Å². The van der Waals surface area contributed by atoms with Gasteiger partial charge in [-0.3, -0.25) is 4.79 Å². The Hall–Kier alpha value is -3.80. The number of nitrogens with zero attached hydrogens (tertiary/aromatic N) is 1. The van der Waals surface area contributed by atoms with Crippen LogP contribution in [0, 0.1) is 6.92 Å². The zero-order valence-corrected chi connectivity index (χ0v) is 16.9. The minimum Gasteiger partial charge on any atom is -0.493 e. The molecular formula is C24H23NO5. The number of aliphatic carboxylic acids is 1. The third kappa shape index (κ3) is 5.17. The number of ketones is 1. The first-order chi connectivity index (χ1) is 14.5. The number of carbonyl (C=O) groups is 2. The van der Waals surface area contributed by atoms with E-state index in [0.717, 1.165) is 11.1 Å². The molecule has 0 spiro atoms. The number of benzene rings is 2. The van der Waals surface area contributed by atoms with Crippen LogP contribution in [0.25, 0.3) is 6.08 Å². The summed E-state index contributed by atoms with van der Waals surface area (Å²) < 4.78 is 12.4. The average Bonchev–Trinajstić information content (AvgIpc) is 3.21. The van der Waals surface area contributed by atoms with Gasteiger partial charge < -0.3 is 19.1 Å². The summed E-state index contributed by atoms with van der Waals surface area (Å²) in [4.78, 5) is 23.5. The van der Waals surface area contributed by atoms with E-state index in [9.17, 15) is 9.59 Å². The lowest BCUT2D eigenvalue weighted by Crippen LogP contribution is -2.10.